The Hall–Kier alpha value is -5.74. The summed E-state index contributed by atoms with van der Waals surface area (Å²) in [6, 6.07) is 32.0. The molecule has 3 aliphatic rings. The van der Waals surface area contributed by atoms with Crippen LogP contribution in [-0.2, 0) is 5.41 Å². The molecule has 344 valence electrons. The van der Waals surface area contributed by atoms with Crippen LogP contribution in [0, 0.1) is 36.5 Å². The zero-order valence-electron chi connectivity index (χ0n) is 41.3. The summed E-state index contributed by atoms with van der Waals surface area (Å²) in [6.45, 7) is 24.9. The van der Waals surface area contributed by atoms with Gasteiger partial charge in [-0.05, 0) is 166 Å². The van der Waals surface area contributed by atoms with Crippen LogP contribution in [-0.4, -0.2) is 26.4 Å². The molecular formula is C62H72O4. The van der Waals surface area contributed by atoms with E-state index >= 15 is 0 Å². The summed E-state index contributed by atoms with van der Waals surface area (Å²) in [5.41, 5.74) is 14.9. The monoisotopic (exact) mass is 881 g/mol. The molecule has 0 saturated carbocycles. The van der Waals surface area contributed by atoms with Crippen molar-refractivity contribution in [3.8, 4) is 45.3 Å². The molecule has 4 nitrogen and oxygen atoms in total. The van der Waals surface area contributed by atoms with E-state index in [0.29, 0.717) is 56.0 Å². The normalized spacial score (nSPS) is 20.5. The van der Waals surface area contributed by atoms with Gasteiger partial charge in [0.1, 0.15) is 0 Å². The molecule has 0 bridgehead atoms. The van der Waals surface area contributed by atoms with Gasteiger partial charge in [-0.25, -0.2) is 0 Å². The Labute approximate surface area is 396 Å². The van der Waals surface area contributed by atoms with Crippen LogP contribution in [0.25, 0.3) is 40.5 Å². The standard InChI is InChI=1S/C62H72O4/c1-11-14-46(15-12-2)20-22-48-24-26-50-51-27-25-49(23-21-47-18-16-42(7)17-19-47)33-55(51)62(54(50)32-48)56-36-60(63-30-28-40(4)5)58(65-38-41(6)13-3)34-52(56)53-35-59-61(37-57(53)62)64-31-29-43(8)45(10)44(9)39-66-59/h11,14-27,32-37,40-41,43-45H,12-13,28-31,38-39H2,1-10H3. The van der Waals surface area contributed by atoms with E-state index in [1.165, 1.54) is 50.1 Å². The highest BCUT2D eigenvalue weighted by Crippen LogP contribution is 2.65. The summed E-state index contributed by atoms with van der Waals surface area (Å²) in [4.78, 5) is 0. The van der Waals surface area contributed by atoms with Crippen LogP contribution in [0.3, 0.4) is 0 Å². The highest BCUT2D eigenvalue weighted by atomic mass is 16.5. The molecule has 5 aromatic rings. The number of fused-ring (bicyclic) bond motifs is 11. The van der Waals surface area contributed by atoms with Gasteiger partial charge in [-0.3, -0.25) is 0 Å². The molecular weight excluding hydrogens is 809 g/mol. The maximum absolute atomic E-state index is 6.87. The first kappa shape index (κ1) is 46.8. The molecule has 0 saturated heterocycles. The molecule has 5 unspecified atom stereocenters. The van der Waals surface area contributed by atoms with Gasteiger partial charge in [0.2, 0.25) is 0 Å². The first-order chi connectivity index (χ1) is 31.9. The molecule has 8 rings (SSSR count). The molecule has 66 heavy (non-hydrogen) atoms. The van der Waals surface area contributed by atoms with E-state index < -0.39 is 5.41 Å². The Balaban J connectivity index is 1.42. The Morgan fingerprint density at radius 1 is 0.682 bits per heavy atom. The second-order valence-electron chi connectivity index (χ2n) is 19.9. The maximum Gasteiger partial charge on any atom is 0.161 e. The van der Waals surface area contributed by atoms with Crippen molar-refractivity contribution in [2.24, 2.45) is 29.6 Å². The molecule has 0 fully saturated rings. The fourth-order valence-corrected chi connectivity index (χ4v) is 9.92. The summed E-state index contributed by atoms with van der Waals surface area (Å²) >= 11 is 0. The summed E-state index contributed by atoms with van der Waals surface area (Å²) in [5.74, 6) is 5.53. The number of ether oxygens (including phenoxy) is 4. The van der Waals surface area contributed by atoms with E-state index in [9.17, 15) is 0 Å². The largest absolute Gasteiger partial charge is 0.490 e. The summed E-state index contributed by atoms with van der Waals surface area (Å²) < 4.78 is 27.4. The predicted molar refractivity (Wildman–Crippen MR) is 278 cm³/mol. The van der Waals surface area contributed by atoms with Gasteiger partial charge < -0.3 is 18.9 Å². The Morgan fingerprint density at radius 2 is 1.30 bits per heavy atom. The summed E-state index contributed by atoms with van der Waals surface area (Å²) in [7, 11) is 0. The molecule has 1 aliphatic heterocycles. The number of benzene rings is 5. The van der Waals surface area contributed by atoms with Crippen molar-refractivity contribution in [2.45, 2.75) is 100 Å². The first-order valence-corrected chi connectivity index (χ1v) is 24.9. The van der Waals surface area contributed by atoms with Gasteiger partial charge in [0.05, 0.1) is 31.8 Å². The molecule has 1 heterocycles. The Kier molecular flexibility index (Phi) is 14.5. The number of aryl methyl sites for hydroxylation is 1. The van der Waals surface area contributed by atoms with E-state index in [-0.39, 0.29) is 0 Å². The molecule has 4 heteroatoms. The highest BCUT2D eigenvalue weighted by molar-refractivity contribution is 5.97. The van der Waals surface area contributed by atoms with Crippen LogP contribution in [0.5, 0.6) is 23.0 Å². The molecule has 5 atom stereocenters. The molecule has 2 aliphatic carbocycles. The smallest absolute Gasteiger partial charge is 0.161 e. The molecule has 0 aromatic heterocycles. The fraction of sp³-hybridized carbons (Fsp3) is 0.387. The van der Waals surface area contributed by atoms with Crippen molar-refractivity contribution in [3.05, 3.63) is 159 Å². The van der Waals surface area contributed by atoms with E-state index in [2.05, 4.69) is 197 Å². The van der Waals surface area contributed by atoms with Crippen molar-refractivity contribution in [3.63, 3.8) is 0 Å². The van der Waals surface area contributed by atoms with Gasteiger partial charge in [0.15, 0.2) is 23.0 Å². The van der Waals surface area contributed by atoms with Crippen molar-refractivity contribution in [1.29, 1.82) is 0 Å². The van der Waals surface area contributed by atoms with Gasteiger partial charge in [0, 0.05) is 0 Å². The maximum atomic E-state index is 6.87. The second kappa shape index (κ2) is 20.4. The van der Waals surface area contributed by atoms with Crippen LogP contribution in [0.1, 0.15) is 133 Å². The molecule has 0 radical (unpaired) electrons. The van der Waals surface area contributed by atoms with Gasteiger partial charge in [0.25, 0.3) is 0 Å². The SMILES string of the molecule is CC=CC(C=Cc1ccc2c(c1)C1(c3cc(C=Cc4ccc(C)cc4)ccc3-2)c2cc(OCCC(C)C)c(OCC(C)CC)cc2-c2cc3c(cc21)OCCC(C)C(C)C(C)CO3)=CCC. The summed E-state index contributed by atoms with van der Waals surface area (Å²) in [5, 5.41) is 0. The second-order valence-corrected chi connectivity index (χ2v) is 19.9. The number of hydrogen-bond acceptors (Lipinski definition) is 4. The number of allylic oxidation sites excluding steroid dienone is 5. The van der Waals surface area contributed by atoms with E-state index in [4.69, 9.17) is 18.9 Å². The van der Waals surface area contributed by atoms with Crippen molar-refractivity contribution < 1.29 is 18.9 Å². The highest BCUT2D eigenvalue weighted by Gasteiger charge is 2.53. The van der Waals surface area contributed by atoms with Crippen molar-refractivity contribution >= 4 is 18.2 Å². The van der Waals surface area contributed by atoms with Crippen LogP contribution in [0.2, 0.25) is 0 Å². The average Bonchev–Trinajstić information content (AvgIpc) is 3.75. The number of hydrogen-bond donors (Lipinski definition) is 0. The fourth-order valence-electron chi connectivity index (χ4n) is 9.92. The van der Waals surface area contributed by atoms with E-state index in [1.807, 2.05) is 0 Å². The van der Waals surface area contributed by atoms with Crippen LogP contribution in [0.15, 0.2) is 115 Å². The van der Waals surface area contributed by atoms with E-state index in [0.717, 1.165) is 70.9 Å². The zero-order chi connectivity index (χ0) is 46.5. The minimum atomic E-state index is -0.702. The van der Waals surface area contributed by atoms with Crippen molar-refractivity contribution in [2.75, 3.05) is 26.4 Å². The predicted octanol–water partition coefficient (Wildman–Crippen LogP) is 16.4. The van der Waals surface area contributed by atoms with Crippen LogP contribution >= 0.6 is 0 Å². The van der Waals surface area contributed by atoms with Gasteiger partial charge in [-0.1, -0.05) is 158 Å². The minimum absolute atomic E-state index is 0.399. The minimum Gasteiger partial charge on any atom is -0.490 e. The van der Waals surface area contributed by atoms with E-state index in [1.54, 1.807) is 0 Å². The average molecular weight is 881 g/mol. The number of rotatable bonds is 14. The quantitative estimate of drug-likeness (QED) is 0.0805. The Bertz CT molecular complexity index is 2640. The third-order valence-electron chi connectivity index (χ3n) is 14.6. The van der Waals surface area contributed by atoms with Gasteiger partial charge >= 0.3 is 0 Å². The van der Waals surface area contributed by atoms with Crippen LogP contribution < -0.4 is 18.9 Å². The molecule has 0 amide bonds. The Morgan fingerprint density at radius 3 is 1.98 bits per heavy atom. The third kappa shape index (κ3) is 9.44. The van der Waals surface area contributed by atoms with Crippen LogP contribution in [0.4, 0.5) is 0 Å². The lowest BCUT2D eigenvalue weighted by Crippen LogP contribution is -2.27. The molecule has 1 spiro atoms. The van der Waals surface area contributed by atoms with Crippen molar-refractivity contribution in [1.82, 2.24) is 0 Å². The third-order valence-corrected chi connectivity index (χ3v) is 14.6. The molecule has 5 aromatic carbocycles. The lowest BCUT2D eigenvalue weighted by Gasteiger charge is -2.32. The lowest BCUT2D eigenvalue weighted by molar-refractivity contribution is 0.143. The first-order valence-electron chi connectivity index (χ1n) is 24.9. The van der Waals surface area contributed by atoms with Gasteiger partial charge in [-0.15, -0.1) is 0 Å². The summed E-state index contributed by atoms with van der Waals surface area (Å²) in [6.07, 6.45) is 19.5. The van der Waals surface area contributed by atoms with Gasteiger partial charge in [-0.2, -0.15) is 0 Å². The zero-order valence-corrected chi connectivity index (χ0v) is 41.3. The topological polar surface area (TPSA) is 36.9 Å². The lowest BCUT2D eigenvalue weighted by atomic mass is 9.70. The molecule has 0 N–H and O–H groups in total.